The molecular weight excluding hydrogens is 406 g/mol. The Morgan fingerprint density at radius 2 is 1.77 bits per heavy atom. The molecule has 6 heteroatoms. The lowest BCUT2D eigenvalue weighted by Gasteiger charge is -2.44. The molecule has 2 saturated heterocycles. The van der Waals surface area contributed by atoms with Crippen LogP contribution in [-0.4, -0.2) is 74.4 Å². The lowest BCUT2D eigenvalue weighted by Crippen LogP contribution is -2.56. The number of anilines is 1. The van der Waals surface area contributed by atoms with E-state index < -0.39 is 0 Å². The number of piperazine rings is 1. The number of para-hydroxylation sites is 2. The van der Waals surface area contributed by atoms with Gasteiger partial charge >= 0.3 is 0 Å². The van der Waals surface area contributed by atoms with Gasteiger partial charge in [-0.25, -0.2) is 0 Å². The summed E-state index contributed by atoms with van der Waals surface area (Å²) in [4.78, 5) is 21.3. The second kappa shape index (κ2) is 10.4. The van der Waals surface area contributed by atoms with E-state index in [9.17, 15) is 4.79 Å². The van der Waals surface area contributed by atoms with Gasteiger partial charge in [0.25, 0.3) is 0 Å². The lowest BCUT2D eigenvalue weighted by molar-refractivity contribution is -0.132. The number of likely N-dealkylation sites (tertiary alicyclic amines) is 1. The fraction of sp³-hybridized carbons (Fsp3) is 0.480. The van der Waals surface area contributed by atoms with Gasteiger partial charge in [0.15, 0.2) is 0 Å². The Labute approximate surface area is 190 Å². The van der Waals surface area contributed by atoms with Crippen LogP contribution in [0.3, 0.4) is 0 Å². The fourth-order valence-corrected chi connectivity index (χ4v) is 5.14. The maximum atomic E-state index is 12.9. The highest BCUT2D eigenvalue weighted by Crippen LogP contribution is 2.29. The number of benzene rings is 2. The number of amides is 1. The van der Waals surface area contributed by atoms with Crippen LogP contribution in [0.5, 0.6) is 5.75 Å². The molecule has 5 nitrogen and oxygen atoms in total. The number of piperidine rings is 1. The zero-order valence-corrected chi connectivity index (χ0v) is 19.4. The quantitative estimate of drug-likeness (QED) is 0.641. The summed E-state index contributed by atoms with van der Waals surface area (Å²) in [5.41, 5.74) is 2.29. The molecule has 0 saturated carbocycles. The Hall–Kier alpha value is -2.18. The predicted molar refractivity (Wildman–Crippen MR) is 128 cm³/mol. The zero-order valence-electron chi connectivity index (χ0n) is 18.6. The lowest BCUT2D eigenvalue weighted by atomic mass is 10.0. The number of carbonyl (C=O) groups excluding carboxylic acids is 1. The molecule has 2 aliphatic heterocycles. The summed E-state index contributed by atoms with van der Waals surface area (Å²) in [7, 11) is 1.74. The zero-order chi connectivity index (χ0) is 21.6. The van der Waals surface area contributed by atoms with Crippen LogP contribution in [0.25, 0.3) is 0 Å². The number of rotatable bonds is 6. The number of hydrogen-bond acceptors (Lipinski definition) is 5. The average Bonchev–Trinajstić information content (AvgIpc) is 2.84. The molecule has 0 N–H and O–H groups in total. The first-order chi connectivity index (χ1) is 15.2. The molecule has 2 fully saturated rings. The van der Waals surface area contributed by atoms with E-state index in [0.717, 1.165) is 57.0 Å². The number of nitrogens with zero attached hydrogens (tertiary/aromatic N) is 3. The van der Waals surface area contributed by atoms with E-state index >= 15 is 0 Å². The number of methoxy groups -OCH3 is 1. The molecular formula is C25H33N3O2S. The van der Waals surface area contributed by atoms with E-state index in [0.29, 0.717) is 12.5 Å². The summed E-state index contributed by atoms with van der Waals surface area (Å²) in [6.07, 6.45) is 4.85. The summed E-state index contributed by atoms with van der Waals surface area (Å²) in [6, 6.07) is 17.1. The van der Waals surface area contributed by atoms with Crippen molar-refractivity contribution in [3.05, 3.63) is 54.1 Å². The topological polar surface area (TPSA) is 36.0 Å². The van der Waals surface area contributed by atoms with Crippen molar-refractivity contribution in [2.24, 2.45) is 0 Å². The van der Waals surface area contributed by atoms with Crippen LogP contribution in [0.2, 0.25) is 0 Å². The van der Waals surface area contributed by atoms with Crippen molar-refractivity contribution in [2.45, 2.75) is 30.2 Å². The average molecular weight is 440 g/mol. The monoisotopic (exact) mass is 439 g/mol. The molecule has 1 atom stereocenters. The highest BCUT2D eigenvalue weighted by molar-refractivity contribution is 7.98. The van der Waals surface area contributed by atoms with Gasteiger partial charge in [-0.3, -0.25) is 9.69 Å². The van der Waals surface area contributed by atoms with Gasteiger partial charge < -0.3 is 14.5 Å². The maximum Gasteiger partial charge on any atom is 0.227 e. The van der Waals surface area contributed by atoms with Crippen molar-refractivity contribution in [3.8, 4) is 5.75 Å². The minimum absolute atomic E-state index is 0.259. The normalized spacial score (nSPS) is 20.0. The summed E-state index contributed by atoms with van der Waals surface area (Å²) < 4.78 is 5.54. The third-order valence-corrected chi connectivity index (χ3v) is 7.26. The molecule has 2 heterocycles. The highest BCUT2D eigenvalue weighted by Gasteiger charge is 2.30. The third-order valence-electron chi connectivity index (χ3n) is 6.52. The van der Waals surface area contributed by atoms with E-state index in [-0.39, 0.29) is 5.91 Å². The second-order valence-electron chi connectivity index (χ2n) is 8.36. The van der Waals surface area contributed by atoms with E-state index in [1.54, 1.807) is 18.9 Å². The Morgan fingerprint density at radius 1 is 1.03 bits per heavy atom. The summed E-state index contributed by atoms with van der Waals surface area (Å²) in [5, 5.41) is 0. The maximum absolute atomic E-state index is 12.9. The van der Waals surface area contributed by atoms with Gasteiger partial charge in [0.2, 0.25) is 5.91 Å². The molecule has 0 radical (unpaired) electrons. The van der Waals surface area contributed by atoms with Crippen LogP contribution >= 0.6 is 11.8 Å². The Kier molecular flexibility index (Phi) is 7.41. The van der Waals surface area contributed by atoms with Gasteiger partial charge in [-0.2, -0.15) is 0 Å². The number of hydrogen-bond donors (Lipinski definition) is 0. The van der Waals surface area contributed by atoms with E-state index in [1.165, 1.54) is 17.0 Å². The Morgan fingerprint density at radius 3 is 2.48 bits per heavy atom. The molecule has 166 valence electrons. The molecule has 0 bridgehead atoms. The van der Waals surface area contributed by atoms with Crippen molar-refractivity contribution < 1.29 is 9.53 Å². The molecule has 1 amide bonds. The number of carbonyl (C=O) groups is 1. The third kappa shape index (κ3) is 5.36. The summed E-state index contributed by atoms with van der Waals surface area (Å²) in [6.45, 7) is 5.79. The molecule has 31 heavy (non-hydrogen) atoms. The first-order valence-corrected chi connectivity index (χ1v) is 12.4. The molecule has 2 aromatic rings. The van der Waals surface area contributed by atoms with Crippen LogP contribution < -0.4 is 9.64 Å². The first kappa shape index (κ1) is 22.0. The minimum Gasteiger partial charge on any atom is -0.495 e. The van der Waals surface area contributed by atoms with Crippen LogP contribution in [0.15, 0.2) is 53.4 Å². The molecule has 0 unspecified atom stereocenters. The van der Waals surface area contributed by atoms with Crippen LogP contribution in [-0.2, 0) is 11.2 Å². The SMILES string of the molecule is COc1ccccc1N1CCN([C@H]2CCCN(C(=O)Cc3ccc(SC)cc3)C2)CC1. The van der Waals surface area contributed by atoms with E-state index in [1.807, 2.05) is 12.1 Å². The number of thioether (sulfide) groups is 1. The van der Waals surface area contributed by atoms with Crippen molar-refractivity contribution in [2.75, 3.05) is 57.5 Å². The summed E-state index contributed by atoms with van der Waals surface area (Å²) in [5.74, 6) is 1.20. The van der Waals surface area contributed by atoms with Crippen molar-refractivity contribution in [1.82, 2.24) is 9.80 Å². The Balaban J connectivity index is 1.31. The molecule has 0 aromatic heterocycles. The smallest absolute Gasteiger partial charge is 0.227 e. The van der Waals surface area contributed by atoms with Crippen molar-refractivity contribution >= 4 is 23.4 Å². The van der Waals surface area contributed by atoms with E-state index in [4.69, 9.17) is 4.74 Å². The highest BCUT2D eigenvalue weighted by atomic mass is 32.2. The summed E-state index contributed by atoms with van der Waals surface area (Å²) >= 11 is 1.73. The fourth-order valence-electron chi connectivity index (χ4n) is 4.73. The molecule has 0 spiro atoms. The standard InChI is InChI=1S/C25H33N3O2S/c1-30-24-8-4-3-7-23(24)27-16-14-26(15-17-27)21-6-5-13-28(19-21)25(29)18-20-9-11-22(31-2)12-10-20/h3-4,7-12,21H,5-6,13-19H2,1-2H3/t21-/m0/s1. The Bertz CT molecular complexity index is 865. The van der Waals surface area contributed by atoms with Gasteiger partial charge in [0.1, 0.15) is 5.75 Å². The van der Waals surface area contributed by atoms with Gasteiger partial charge in [0, 0.05) is 50.2 Å². The van der Waals surface area contributed by atoms with Crippen LogP contribution in [0.4, 0.5) is 5.69 Å². The van der Waals surface area contributed by atoms with Gasteiger partial charge in [0.05, 0.1) is 19.2 Å². The molecule has 4 rings (SSSR count). The second-order valence-corrected chi connectivity index (χ2v) is 9.24. The molecule has 2 aliphatic rings. The molecule has 2 aromatic carbocycles. The van der Waals surface area contributed by atoms with E-state index in [2.05, 4.69) is 57.4 Å². The minimum atomic E-state index is 0.259. The number of ether oxygens (including phenoxy) is 1. The van der Waals surface area contributed by atoms with Crippen molar-refractivity contribution in [3.63, 3.8) is 0 Å². The van der Waals surface area contributed by atoms with Gasteiger partial charge in [-0.15, -0.1) is 11.8 Å². The van der Waals surface area contributed by atoms with Crippen molar-refractivity contribution in [1.29, 1.82) is 0 Å². The largest absolute Gasteiger partial charge is 0.495 e. The molecule has 0 aliphatic carbocycles. The van der Waals surface area contributed by atoms with Gasteiger partial charge in [-0.1, -0.05) is 24.3 Å². The first-order valence-electron chi connectivity index (χ1n) is 11.2. The van der Waals surface area contributed by atoms with Gasteiger partial charge in [-0.05, 0) is 48.9 Å². The van der Waals surface area contributed by atoms with Crippen LogP contribution in [0, 0.1) is 0 Å². The van der Waals surface area contributed by atoms with Crippen LogP contribution in [0.1, 0.15) is 18.4 Å². The predicted octanol–water partition coefficient (Wildman–Crippen LogP) is 3.77.